The van der Waals surface area contributed by atoms with Gasteiger partial charge in [0.15, 0.2) is 0 Å². The lowest BCUT2D eigenvalue weighted by atomic mass is 10.5. The highest BCUT2D eigenvalue weighted by molar-refractivity contribution is 5.05. The normalized spacial score (nSPS) is 9.89. The molecule has 0 aromatic carbocycles. The molecule has 3 nitrogen and oxygen atoms in total. The van der Waals surface area contributed by atoms with Crippen molar-refractivity contribution in [1.29, 1.82) is 0 Å². The van der Waals surface area contributed by atoms with Crippen LogP contribution in [0.25, 0.3) is 0 Å². The van der Waals surface area contributed by atoms with Gasteiger partial charge < -0.3 is 10.6 Å². The standard InChI is InChI=1S/C6H10N2O/c1-9-5-6-3-2-4-8(6)7/h2-4H,5,7H2,1H3. The van der Waals surface area contributed by atoms with Crippen molar-refractivity contribution in [3.8, 4) is 0 Å². The average molecular weight is 126 g/mol. The second kappa shape index (κ2) is 2.55. The van der Waals surface area contributed by atoms with Crippen LogP contribution in [-0.2, 0) is 11.3 Å². The Kier molecular flexibility index (Phi) is 1.75. The first-order chi connectivity index (χ1) is 4.34. The zero-order valence-corrected chi connectivity index (χ0v) is 5.37. The van der Waals surface area contributed by atoms with E-state index in [-0.39, 0.29) is 0 Å². The Morgan fingerprint density at radius 1 is 1.78 bits per heavy atom. The second-order valence-corrected chi connectivity index (χ2v) is 1.84. The molecule has 0 aliphatic heterocycles. The molecule has 0 unspecified atom stereocenters. The molecule has 9 heavy (non-hydrogen) atoms. The van der Waals surface area contributed by atoms with Crippen LogP contribution in [0.4, 0.5) is 0 Å². The number of hydrogen-bond acceptors (Lipinski definition) is 2. The van der Waals surface area contributed by atoms with E-state index in [2.05, 4.69) is 0 Å². The Labute approximate surface area is 54.0 Å². The molecule has 0 aliphatic rings. The number of nitrogens with two attached hydrogens (primary N) is 1. The van der Waals surface area contributed by atoms with Gasteiger partial charge in [-0.1, -0.05) is 0 Å². The molecular formula is C6H10N2O. The van der Waals surface area contributed by atoms with Crippen molar-refractivity contribution in [2.24, 2.45) is 0 Å². The van der Waals surface area contributed by atoms with Gasteiger partial charge in [-0.05, 0) is 12.1 Å². The summed E-state index contributed by atoms with van der Waals surface area (Å²) in [6.45, 7) is 0.573. The van der Waals surface area contributed by atoms with E-state index in [9.17, 15) is 0 Å². The lowest BCUT2D eigenvalue weighted by Gasteiger charge is -1.99. The Hall–Kier alpha value is -0.960. The van der Waals surface area contributed by atoms with E-state index in [0.29, 0.717) is 6.61 Å². The predicted molar refractivity (Wildman–Crippen MR) is 35.3 cm³/mol. The van der Waals surface area contributed by atoms with Gasteiger partial charge in [0.05, 0.1) is 12.3 Å². The lowest BCUT2D eigenvalue weighted by molar-refractivity contribution is 0.179. The van der Waals surface area contributed by atoms with E-state index < -0.39 is 0 Å². The summed E-state index contributed by atoms with van der Waals surface area (Å²) in [5.74, 6) is 5.46. The van der Waals surface area contributed by atoms with Crippen molar-refractivity contribution in [3.05, 3.63) is 24.0 Å². The predicted octanol–water partition coefficient (Wildman–Crippen LogP) is 0.348. The maximum absolute atomic E-state index is 5.46. The first-order valence-corrected chi connectivity index (χ1v) is 2.75. The molecule has 1 aromatic heterocycles. The molecule has 1 heterocycles. The monoisotopic (exact) mass is 126 g/mol. The van der Waals surface area contributed by atoms with Crippen molar-refractivity contribution in [1.82, 2.24) is 4.68 Å². The van der Waals surface area contributed by atoms with E-state index >= 15 is 0 Å². The van der Waals surface area contributed by atoms with Gasteiger partial charge in [-0.15, -0.1) is 0 Å². The molecule has 0 aliphatic carbocycles. The summed E-state index contributed by atoms with van der Waals surface area (Å²) in [6, 6.07) is 3.80. The lowest BCUT2D eigenvalue weighted by Crippen LogP contribution is -2.10. The molecule has 0 saturated heterocycles. The number of hydrogen-bond donors (Lipinski definition) is 1. The largest absolute Gasteiger partial charge is 0.378 e. The van der Waals surface area contributed by atoms with E-state index in [0.717, 1.165) is 5.69 Å². The maximum atomic E-state index is 5.46. The Morgan fingerprint density at radius 2 is 2.56 bits per heavy atom. The van der Waals surface area contributed by atoms with Crippen LogP contribution in [0.2, 0.25) is 0 Å². The summed E-state index contributed by atoms with van der Waals surface area (Å²) in [5.41, 5.74) is 0.984. The summed E-state index contributed by atoms with van der Waals surface area (Å²) in [5, 5.41) is 0. The topological polar surface area (TPSA) is 40.2 Å². The van der Waals surface area contributed by atoms with Crippen LogP contribution in [-0.4, -0.2) is 11.8 Å². The van der Waals surface area contributed by atoms with Crippen LogP contribution in [0.1, 0.15) is 5.69 Å². The highest BCUT2D eigenvalue weighted by Gasteiger charge is 1.93. The number of rotatable bonds is 2. The Bertz CT molecular complexity index is 183. The van der Waals surface area contributed by atoms with Crippen LogP contribution in [0.3, 0.4) is 0 Å². The van der Waals surface area contributed by atoms with Gasteiger partial charge in [0, 0.05) is 13.3 Å². The van der Waals surface area contributed by atoms with Crippen molar-refractivity contribution >= 4 is 0 Å². The fourth-order valence-corrected chi connectivity index (χ4v) is 0.699. The van der Waals surface area contributed by atoms with E-state index in [4.69, 9.17) is 10.6 Å². The fourth-order valence-electron chi connectivity index (χ4n) is 0.699. The Balaban J connectivity index is 2.69. The molecule has 1 aromatic rings. The highest BCUT2D eigenvalue weighted by Crippen LogP contribution is 1.97. The van der Waals surface area contributed by atoms with Crippen molar-refractivity contribution in [3.63, 3.8) is 0 Å². The van der Waals surface area contributed by atoms with Crippen molar-refractivity contribution < 1.29 is 4.74 Å². The van der Waals surface area contributed by atoms with Crippen molar-refractivity contribution in [2.75, 3.05) is 13.0 Å². The number of ether oxygens (including phenoxy) is 1. The van der Waals surface area contributed by atoms with Crippen LogP contribution >= 0.6 is 0 Å². The summed E-state index contributed by atoms with van der Waals surface area (Å²) in [7, 11) is 1.65. The molecule has 1 rings (SSSR count). The summed E-state index contributed by atoms with van der Waals surface area (Å²) in [6.07, 6.45) is 1.79. The molecule has 50 valence electrons. The van der Waals surface area contributed by atoms with Gasteiger partial charge in [-0.25, -0.2) is 0 Å². The minimum absolute atomic E-state index is 0.573. The summed E-state index contributed by atoms with van der Waals surface area (Å²) in [4.78, 5) is 0. The molecule has 3 heteroatoms. The van der Waals surface area contributed by atoms with Gasteiger partial charge in [0.25, 0.3) is 0 Å². The molecule has 0 spiro atoms. The minimum atomic E-state index is 0.573. The van der Waals surface area contributed by atoms with Crippen molar-refractivity contribution in [2.45, 2.75) is 6.61 Å². The van der Waals surface area contributed by atoms with Crippen LogP contribution in [0.15, 0.2) is 18.3 Å². The molecular weight excluding hydrogens is 116 g/mol. The van der Waals surface area contributed by atoms with Gasteiger partial charge in [0.1, 0.15) is 0 Å². The zero-order valence-electron chi connectivity index (χ0n) is 5.37. The third kappa shape index (κ3) is 1.23. The maximum Gasteiger partial charge on any atom is 0.0883 e. The smallest absolute Gasteiger partial charge is 0.0883 e. The number of nitrogens with zero attached hydrogens (tertiary/aromatic N) is 1. The van der Waals surface area contributed by atoms with Crippen LogP contribution in [0, 0.1) is 0 Å². The zero-order chi connectivity index (χ0) is 6.69. The molecule has 0 amide bonds. The highest BCUT2D eigenvalue weighted by atomic mass is 16.5. The third-order valence-electron chi connectivity index (χ3n) is 1.16. The van der Waals surface area contributed by atoms with Gasteiger partial charge in [-0.3, -0.25) is 4.68 Å². The number of aromatic nitrogens is 1. The molecule has 2 N–H and O–H groups in total. The number of methoxy groups -OCH3 is 1. The SMILES string of the molecule is COCc1cccn1N. The Morgan fingerprint density at radius 3 is 3.00 bits per heavy atom. The van der Waals surface area contributed by atoms with Crippen LogP contribution < -0.4 is 5.84 Å². The second-order valence-electron chi connectivity index (χ2n) is 1.84. The molecule has 0 bridgehead atoms. The fraction of sp³-hybridized carbons (Fsp3) is 0.333. The van der Waals surface area contributed by atoms with Crippen LogP contribution in [0.5, 0.6) is 0 Å². The summed E-state index contributed by atoms with van der Waals surface area (Å²) >= 11 is 0. The van der Waals surface area contributed by atoms with E-state index in [1.54, 1.807) is 18.0 Å². The first-order valence-electron chi connectivity index (χ1n) is 2.75. The van der Waals surface area contributed by atoms with E-state index in [1.807, 2.05) is 12.1 Å². The van der Waals surface area contributed by atoms with Gasteiger partial charge >= 0.3 is 0 Å². The third-order valence-corrected chi connectivity index (χ3v) is 1.16. The minimum Gasteiger partial charge on any atom is -0.378 e. The average Bonchev–Trinajstić information content (AvgIpc) is 2.18. The first kappa shape index (κ1) is 6.16. The summed E-state index contributed by atoms with van der Waals surface area (Å²) < 4.78 is 6.41. The molecule has 0 radical (unpaired) electrons. The molecule has 0 fully saturated rings. The quantitative estimate of drug-likeness (QED) is 0.581. The van der Waals surface area contributed by atoms with E-state index in [1.165, 1.54) is 0 Å². The van der Waals surface area contributed by atoms with Gasteiger partial charge in [-0.2, -0.15) is 0 Å². The number of nitrogen functional groups attached to an aromatic ring is 1. The molecule has 0 atom stereocenters. The van der Waals surface area contributed by atoms with Gasteiger partial charge in [0.2, 0.25) is 0 Å². The molecule has 0 saturated carbocycles.